The second-order valence-electron chi connectivity index (χ2n) is 6.49. The molecule has 3 nitrogen and oxygen atoms in total. The van der Waals surface area contributed by atoms with Crippen LogP contribution in [0.3, 0.4) is 0 Å². The van der Waals surface area contributed by atoms with Gasteiger partial charge in [0, 0.05) is 37.8 Å². The Morgan fingerprint density at radius 2 is 1.88 bits per heavy atom. The quantitative estimate of drug-likeness (QED) is 0.708. The minimum absolute atomic E-state index is 0.310. The van der Waals surface area contributed by atoms with E-state index in [2.05, 4.69) is 29.0 Å². The molecule has 0 aromatic rings. The highest BCUT2D eigenvalue weighted by Crippen LogP contribution is 2.32. The summed E-state index contributed by atoms with van der Waals surface area (Å²) in [6.45, 7) is 12.4. The molecular formula is C13H25N3. The molecule has 4 fully saturated rings. The van der Waals surface area contributed by atoms with Gasteiger partial charge in [-0.25, -0.2) is 0 Å². The van der Waals surface area contributed by atoms with E-state index in [1.807, 2.05) is 0 Å². The Morgan fingerprint density at radius 3 is 2.44 bits per heavy atom. The molecule has 4 aliphatic heterocycles. The summed E-state index contributed by atoms with van der Waals surface area (Å²) in [5.41, 5.74) is 0.310. The molecule has 4 aliphatic rings. The van der Waals surface area contributed by atoms with Crippen LogP contribution in [-0.4, -0.2) is 60.6 Å². The van der Waals surface area contributed by atoms with Crippen molar-refractivity contribution >= 4 is 0 Å². The Balaban J connectivity index is 1.68. The van der Waals surface area contributed by atoms with Crippen molar-refractivity contribution < 1.29 is 0 Å². The first-order chi connectivity index (χ1) is 7.64. The molecule has 0 saturated carbocycles. The molecule has 0 aliphatic carbocycles. The van der Waals surface area contributed by atoms with Crippen LogP contribution in [0.25, 0.3) is 0 Å². The lowest BCUT2D eigenvalue weighted by Gasteiger charge is -2.52. The number of rotatable bonds is 1. The molecule has 0 radical (unpaired) electrons. The van der Waals surface area contributed by atoms with E-state index in [0.717, 1.165) is 18.5 Å². The van der Waals surface area contributed by atoms with Gasteiger partial charge in [-0.3, -0.25) is 4.90 Å². The number of hydrogen-bond donors (Lipinski definition) is 1. The summed E-state index contributed by atoms with van der Waals surface area (Å²) >= 11 is 0. The Labute approximate surface area is 99.2 Å². The van der Waals surface area contributed by atoms with Crippen molar-refractivity contribution in [2.45, 2.75) is 38.3 Å². The summed E-state index contributed by atoms with van der Waals surface area (Å²) in [4.78, 5) is 5.42. The molecule has 0 aromatic carbocycles. The monoisotopic (exact) mass is 223 g/mol. The second-order valence-corrected chi connectivity index (χ2v) is 6.49. The van der Waals surface area contributed by atoms with Crippen molar-refractivity contribution in [2.75, 3.05) is 39.3 Å². The molecule has 3 heteroatoms. The van der Waals surface area contributed by atoms with Gasteiger partial charge in [0.25, 0.3) is 0 Å². The van der Waals surface area contributed by atoms with Crippen LogP contribution in [0.4, 0.5) is 0 Å². The smallest absolute Gasteiger partial charge is 0.0253 e. The third-order valence-corrected chi connectivity index (χ3v) is 4.69. The number of nitrogens with one attached hydrogen (secondary N) is 1. The van der Waals surface area contributed by atoms with Gasteiger partial charge in [0.2, 0.25) is 0 Å². The molecule has 0 aromatic heterocycles. The molecule has 2 bridgehead atoms. The third-order valence-electron chi connectivity index (χ3n) is 4.69. The molecule has 0 spiro atoms. The number of piperazine rings is 1. The predicted octanol–water partition coefficient (Wildman–Crippen LogP) is 0.764. The Kier molecular flexibility index (Phi) is 2.73. The molecule has 1 atom stereocenters. The van der Waals surface area contributed by atoms with Crippen molar-refractivity contribution in [2.24, 2.45) is 5.92 Å². The van der Waals surface area contributed by atoms with Gasteiger partial charge < -0.3 is 10.2 Å². The fourth-order valence-corrected chi connectivity index (χ4v) is 3.81. The average Bonchev–Trinajstić information content (AvgIpc) is 2.29. The van der Waals surface area contributed by atoms with E-state index in [1.54, 1.807) is 0 Å². The van der Waals surface area contributed by atoms with E-state index >= 15 is 0 Å². The van der Waals surface area contributed by atoms with Crippen LogP contribution >= 0.6 is 0 Å². The molecule has 16 heavy (non-hydrogen) atoms. The Hall–Kier alpha value is -0.120. The topological polar surface area (TPSA) is 18.5 Å². The molecule has 4 saturated heterocycles. The van der Waals surface area contributed by atoms with Crippen molar-refractivity contribution in [3.8, 4) is 0 Å². The highest BCUT2D eigenvalue weighted by Gasteiger charge is 2.39. The summed E-state index contributed by atoms with van der Waals surface area (Å²) in [6, 6.07) is 0.851. The SMILES string of the molecule is CC1(C)CN(C2CN3CCC2CC3)CCN1. The number of nitrogens with zero attached hydrogens (tertiary/aromatic N) is 2. The first-order valence-electron chi connectivity index (χ1n) is 6.85. The molecule has 1 N–H and O–H groups in total. The summed E-state index contributed by atoms with van der Waals surface area (Å²) in [6.07, 6.45) is 2.88. The first kappa shape index (κ1) is 11.0. The van der Waals surface area contributed by atoms with Crippen molar-refractivity contribution in [1.82, 2.24) is 15.1 Å². The van der Waals surface area contributed by atoms with Crippen molar-refractivity contribution in [3.63, 3.8) is 0 Å². The van der Waals surface area contributed by atoms with Crippen LogP contribution in [0.1, 0.15) is 26.7 Å². The van der Waals surface area contributed by atoms with Gasteiger partial charge in [-0.05, 0) is 45.7 Å². The Bertz CT molecular complexity index is 256. The summed E-state index contributed by atoms with van der Waals surface area (Å²) in [7, 11) is 0. The van der Waals surface area contributed by atoms with Gasteiger partial charge in [0.1, 0.15) is 0 Å². The molecule has 4 heterocycles. The predicted molar refractivity (Wildman–Crippen MR) is 66.6 cm³/mol. The van der Waals surface area contributed by atoms with Crippen LogP contribution < -0.4 is 5.32 Å². The zero-order chi connectivity index (χ0) is 11.2. The van der Waals surface area contributed by atoms with E-state index in [4.69, 9.17) is 0 Å². The van der Waals surface area contributed by atoms with Crippen LogP contribution in [0.5, 0.6) is 0 Å². The van der Waals surface area contributed by atoms with Gasteiger partial charge in [-0.2, -0.15) is 0 Å². The molecular weight excluding hydrogens is 198 g/mol. The molecule has 92 valence electrons. The molecule has 1 unspecified atom stereocenters. The van der Waals surface area contributed by atoms with Crippen LogP contribution in [0.15, 0.2) is 0 Å². The largest absolute Gasteiger partial charge is 0.309 e. The van der Waals surface area contributed by atoms with Crippen LogP contribution in [0.2, 0.25) is 0 Å². The lowest BCUT2D eigenvalue weighted by atomic mass is 9.82. The van der Waals surface area contributed by atoms with E-state index < -0.39 is 0 Å². The van der Waals surface area contributed by atoms with Crippen LogP contribution in [-0.2, 0) is 0 Å². The number of fused-ring (bicyclic) bond motifs is 3. The highest BCUT2D eigenvalue weighted by molar-refractivity contribution is 4.97. The maximum Gasteiger partial charge on any atom is 0.0253 e. The molecule has 4 rings (SSSR count). The minimum Gasteiger partial charge on any atom is -0.309 e. The highest BCUT2D eigenvalue weighted by atomic mass is 15.3. The lowest BCUT2D eigenvalue weighted by Crippen LogP contribution is -2.65. The van der Waals surface area contributed by atoms with Gasteiger partial charge >= 0.3 is 0 Å². The number of hydrogen-bond acceptors (Lipinski definition) is 3. The maximum atomic E-state index is 3.62. The van der Waals surface area contributed by atoms with E-state index in [0.29, 0.717) is 5.54 Å². The van der Waals surface area contributed by atoms with Crippen molar-refractivity contribution in [3.05, 3.63) is 0 Å². The Morgan fingerprint density at radius 1 is 1.12 bits per heavy atom. The average molecular weight is 223 g/mol. The number of piperidine rings is 3. The van der Waals surface area contributed by atoms with E-state index in [1.165, 1.54) is 45.6 Å². The lowest BCUT2D eigenvalue weighted by molar-refractivity contribution is -0.0149. The maximum absolute atomic E-state index is 3.62. The zero-order valence-electron chi connectivity index (χ0n) is 10.7. The molecule has 0 amide bonds. The van der Waals surface area contributed by atoms with Crippen LogP contribution in [0, 0.1) is 5.92 Å². The fraction of sp³-hybridized carbons (Fsp3) is 1.00. The van der Waals surface area contributed by atoms with E-state index in [-0.39, 0.29) is 0 Å². The first-order valence-corrected chi connectivity index (χ1v) is 6.85. The summed E-state index contributed by atoms with van der Waals surface area (Å²) in [5, 5.41) is 3.62. The van der Waals surface area contributed by atoms with Crippen molar-refractivity contribution in [1.29, 1.82) is 0 Å². The summed E-state index contributed by atoms with van der Waals surface area (Å²) in [5.74, 6) is 0.985. The standard InChI is InChI=1S/C13H25N3/c1-13(2)10-16(8-5-14-13)12-9-15-6-3-11(12)4-7-15/h11-12,14H,3-10H2,1-2H3. The van der Waals surface area contributed by atoms with Gasteiger partial charge in [-0.1, -0.05) is 0 Å². The van der Waals surface area contributed by atoms with Gasteiger partial charge in [0.15, 0.2) is 0 Å². The third kappa shape index (κ3) is 2.01. The van der Waals surface area contributed by atoms with E-state index in [9.17, 15) is 0 Å². The summed E-state index contributed by atoms with van der Waals surface area (Å²) < 4.78 is 0. The zero-order valence-corrected chi connectivity index (χ0v) is 10.7. The normalized spacial score (nSPS) is 43.5. The van der Waals surface area contributed by atoms with Gasteiger partial charge in [-0.15, -0.1) is 0 Å². The second kappa shape index (κ2) is 3.97. The minimum atomic E-state index is 0.310. The fourth-order valence-electron chi connectivity index (χ4n) is 3.81. The van der Waals surface area contributed by atoms with Gasteiger partial charge in [0.05, 0.1) is 0 Å².